The third kappa shape index (κ3) is 4.04. The van der Waals surface area contributed by atoms with Crippen LogP contribution < -0.4 is 9.46 Å². The fourth-order valence-corrected chi connectivity index (χ4v) is 2.05. The van der Waals surface area contributed by atoms with E-state index >= 15 is 0 Å². The molecule has 1 aromatic carbocycles. The Balaban J connectivity index is 2.22. The summed E-state index contributed by atoms with van der Waals surface area (Å²) in [6.45, 7) is 2.08. The fraction of sp³-hybridized carbons (Fsp3) is 0.214. The molecule has 1 N–H and O–H groups in total. The van der Waals surface area contributed by atoms with Gasteiger partial charge in [0.15, 0.2) is 0 Å². The van der Waals surface area contributed by atoms with Crippen LogP contribution >= 0.6 is 0 Å². The molecule has 0 saturated carbocycles. The molecule has 1 aromatic heterocycles. The monoisotopic (exact) mass is 292 g/mol. The van der Waals surface area contributed by atoms with Gasteiger partial charge in [0.25, 0.3) is 0 Å². The number of ether oxygens (including phenoxy) is 1. The van der Waals surface area contributed by atoms with E-state index in [1.807, 2.05) is 31.2 Å². The van der Waals surface area contributed by atoms with Gasteiger partial charge in [0.2, 0.25) is 15.9 Å². The molecule has 0 amide bonds. The smallest absolute Gasteiger partial charge is 0.223 e. The first kappa shape index (κ1) is 14.5. The van der Waals surface area contributed by atoms with E-state index in [9.17, 15) is 8.42 Å². The number of aromatic nitrogens is 1. The maximum atomic E-state index is 11.2. The largest absolute Gasteiger partial charge is 0.438 e. The molecule has 20 heavy (non-hydrogen) atoms. The van der Waals surface area contributed by atoms with Crippen molar-refractivity contribution >= 4 is 10.0 Å². The van der Waals surface area contributed by atoms with Crippen LogP contribution in [0.3, 0.4) is 0 Å². The number of nitrogens with one attached hydrogen (secondary N) is 1. The lowest BCUT2D eigenvalue weighted by atomic mass is 10.2. The Morgan fingerprint density at radius 2 is 1.95 bits per heavy atom. The maximum absolute atomic E-state index is 11.2. The summed E-state index contributed by atoms with van der Waals surface area (Å²) in [6.07, 6.45) is 2.72. The number of sulfonamides is 1. The Kier molecular flexibility index (Phi) is 4.36. The Morgan fingerprint density at radius 3 is 2.65 bits per heavy atom. The van der Waals surface area contributed by atoms with Gasteiger partial charge >= 0.3 is 0 Å². The fourth-order valence-electron chi connectivity index (χ4n) is 1.63. The summed E-state index contributed by atoms with van der Waals surface area (Å²) >= 11 is 0. The van der Waals surface area contributed by atoms with Crippen LogP contribution in [0.5, 0.6) is 11.6 Å². The first-order valence-corrected chi connectivity index (χ1v) is 7.97. The molecule has 0 atom stereocenters. The van der Waals surface area contributed by atoms with Crippen LogP contribution in [0.25, 0.3) is 0 Å². The van der Waals surface area contributed by atoms with Crippen LogP contribution in [0.1, 0.15) is 11.1 Å². The highest BCUT2D eigenvalue weighted by molar-refractivity contribution is 7.88. The summed E-state index contributed by atoms with van der Waals surface area (Å²) in [7, 11) is -3.25. The standard InChI is InChI=1S/C14H16N2O3S/c1-11-6-3-4-8-13(11)19-14-12(7-5-9-15-14)10-16-20(2,17)18/h3-9,16H,10H2,1-2H3. The van der Waals surface area contributed by atoms with E-state index in [0.29, 0.717) is 17.2 Å². The third-order valence-corrected chi connectivity index (χ3v) is 3.34. The van der Waals surface area contributed by atoms with Crippen molar-refractivity contribution in [3.63, 3.8) is 0 Å². The van der Waals surface area contributed by atoms with E-state index < -0.39 is 10.0 Å². The zero-order chi connectivity index (χ0) is 14.6. The second-order valence-corrected chi connectivity index (χ2v) is 6.26. The molecule has 0 unspecified atom stereocenters. The van der Waals surface area contributed by atoms with Crippen molar-refractivity contribution in [1.29, 1.82) is 0 Å². The number of nitrogens with zero attached hydrogens (tertiary/aromatic N) is 1. The molecule has 5 nitrogen and oxygen atoms in total. The molecule has 0 aliphatic heterocycles. The number of aryl methyl sites for hydroxylation is 1. The minimum absolute atomic E-state index is 0.147. The summed E-state index contributed by atoms with van der Waals surface area (Å²) in [6, 6.07) is 11.1. The van der Waals surface area contributed by atoms with Crippen LogP contribution in [-0.2, 0) is 16.6 Å². The molecule has 2 rings (SSSR count). The molecular formula is C14H16N2O3S. The summed E-state index contributed by atoms with van der Waals surface area (Å²) in [5.41, 5.74) is 1.67. The van der Waals surface area contributed by atoms with E-state index in [1.165, 1.54) is 0 Å². The molecule has 0 aliphatic rings. The lowest BCUT2D eigenvalue weighted by molar-refractivity contribution is 0.452. The zero-order valence-corrected chi connectivity index (χ0v) is 12.1. The molecule has 0 aliphatic carbocycles. The van der Waals surface area contributed by atoms with Crippen LogP contribution in [0.4, 0.5) is 0 Å². The lowest BCUT2D eigenvalue weighted by Crippen LogP contribution is -2.21. The van der Waals surface area contributed by atoms with Gasteiger partial charge in [-0.05, 0) is 24.6 Å². The molecule has 1 heterocycles. The van der Waals surface area contributed by atoms with E-state index in [-0.39, 0.29) is 6.54 Å². The second kappa shape index (κ2) is 6.02. The second-order valence-electron chi connectivity index (χ2n) is 4.43. The van der Waals surface area contributed by atoms with Gasteiger partial charge in [-0.25, -0.2) is 18.1 Å². The summed E-state index contributed by atoms with van der Waals surface area (Å²) < 4.78 is 30.5. The van der Waals surface area contributed by atoms with Crippen LogP contribution in [-0.4, -0.2) is 19.7 Å². The van der Waals surface area contributed by atoms with Gasteiger partial charge in [-0.3, -0.25) is 0 Å². The summed E-state index contributed by atoms with van der Waals surface area (Å²) in [5.74, 6) is 1.10. The number of benzene rings is 1. The molecular weight excluding hydrogens is 276 g/mol. The molecule has 6 heteroatoms. The van der Waals surface area contributed by atoms with Gasteiger partial charge in [-0.15, -0.1) is 0 Å². The van der Waals surface area contributed by atoms with Crippen LogP contribution in [0.15, 0.2) is 42.6 Å². The quantitative estimate of drug-likeness (QED) is 0.917. The molecule has 0 spiro atoms. The predicted molar refractivity (Wildman–Crippen MR) is 77.2 cm³/mol. The molecule has 0 radical (unpaired) electrons. The number of hydrogen-bond donors (Lipinski definition) is 1. The predicted octanol–water partition coefficient (Wildman–Crippen LogP) is 2.23. The van der Waals surface area contributed by atoms with E-state index in [1.54, 1.807) is 18.3 Å². The van der Waals surface area contributed by atoms with Crippen molar-refractivity contribution in [1.82, 2.24) is 9.71 Å². The highest BCUT2D eigenvalue weighted by Crippen LogP contribution is 2.25. The molecule has 0 bridgehead atoms. The number of para-hydroxylation sites is 1. The minimum atomic E-state index is -3.25. The van der Waals surface area contributed by atoms with Gasteiger partial charge in [0.1, 0.15) is 5.75 Å². The molecule has 2 aromatic rings. The highest BCUT2D eigenvalue weighted by atomic mass is 32.2. The molecule has 0 fully saturated rings. The van der Waals surface area contributed by atoms with Gasteiger partial charge in [0, 0.05) is 18.3 Å². The number of rotatable bonds is 5. The zero-order valence-electron chi connectivity index (χ0n) is 11.3. The highest BCUT2D eigenvalue weighted by Gasteiger charge is 2.09. The van der Waals surface area contributed by atoms with E-state index in [0.717, 1.165) is 11.8 Å². The Hall–Kier alpha value is -1.92. The van der Waals surface area contributed by atoms with Crippen molar-refractivity contribution in [2.75, 3.05) is 6.26 Å². The van der Waals surface area contributed by atoms with Crippen molar-refractivity contribution < 1.29 is 13.2 Å². The van der Waals surface area contributed by atoms with Gasteiger partial charge in [-0.2, -0.15) is 0 Å². The average molecular weight is 292 g/mol. The first-order valence-electron chi connectivity index (χ1n) is 6.08. The number of hydrogen-bond acceptors (Lipinski definition) is 4. The van der Waals surface area contributed by atoms with Crippen molar-refractivity contribution in [2.45, 2.75) is 13.5 Å². The van der Waals surface area contributed by atoms with Crippen LogP contribution in [0, 0.1) is 6.92 Å². The minimum Gasteiger partial charge on any atom is -0.438 e. The van der Waals surface area contributed by atoms with Crippen molar-refractivity contribution in [3.8, 4) is 11.6 Å². The van der Waals surface area contributed by atoms with E-state index in [2.05, 4.69) is 9.71 Å². The lowest BCUT2D eigenvalue weighted by Gasteiger charge is -2.11. The van der Waals surface area contributed by atoms with Crippen LogP contribution in [0.2, 0.25) is 0 Å². The molecule has 106 valence electrons. The number of pyridine rings is 1. The topological polar surface area (TPSA) is 68.3 Å². The summed E-state index contributed by atoms with van der Waals surface area (Å²) in [4.78, 5) is 4.16. The third-order valence-electron chi connectivity index (χ3n) is 2.68. The van der Waals surface area contributed by atoms with Gasteiger partial charge in [0.05, 0.1) is 6.26 Å². The Morgan fingerprint density at radius 1 is 1.20 bits per heavy atom. The normalized spacial score (nSPS) is 11.3. The Labute approximate surface area is 118 Å². The van der Waals surface area contributed by atoms with Gasteiger partial charge < -0.3 is 4.74 Å². The Bertz CT molecular complexity index is 699. The van der Waals surface area contributed by atoms with Crippen molar-refractivity contribution in [2.24, 2.45) is 0 Å². The molecule has 0 saturated heterocycles. The SMILES string of the molecule is Cc1ccccc1Oc1ncccc1CNS(C)(=O)=O. The maximum Gasteiger partial charge on any atom is 0.223 e. The van der Waals surface area contributed by atoms with E-state index in [4.69, 9.17) is 4.74 Å². The first-order chi connectivity index (χ1) is 9.46. The van der Waals surface area contributed by atoms with Crippen molar-refractivity contribution in [3.05, 3.63) is 53.7 Å². The average Bonchev–Trinajstić information content (AvgIpc) is 2.39. The van der Waals surface area contributed by atoms with Gasteiger partial charge in [-0.1, -0.05) is 24.3 Å². The summed E-state index contributed by atoms with van der Waals surface area (Å²) in [5, 5.41) is 0.